The van der Waals surface area contributed by atoms with Crippen molar-refractivity contribution in [2.24, 2.45) is 0 Å². The summed E-state index contributed by atoms with van der Waals surface area (Å²) in [5.41, 5.74) is 3.70. The maximum atomic E-state index is 14.1. The van der Waals surface area contributed by atoms with Crippen molar-refractivity contribution in [3.8, 4) is 0 Å². The number of aryl methyl sites for hydroxylation is 3. The van der Waals surface area contributed by atoms with E-state index in [2.05, 4.69) is 5.32 Å². The van der Waals surface area contributed by atoms with Crippen LogP contribution in [0.5, 0.6) is 0 Å². The van der Waals surface area contributed by atoms with Gasteiger partial charge in [-0.15, -0.1) is 0 Å². The maximum Gasteiger partial charge on any atom is 0.264 e. The van der Waals surface area contributed by atoms with E-state index in [1.165, 1.54) is 4.90 Å². The predicted octanol–water partition coefficient (Wildman–Crippen LogP) is 5.79. The largest absolute Gasteiger partial charge is 0.354 e. The van der Waals surface area contributed by atoms with Gasteiger partial charge >= 0.3 is 0 Å². The second kappa shape index (κ2) is 13.8. The Morgan fingerprint density at radius 1 is 0.900 bits per heavy atom. The second-order valence-electron chi connectivity index (χ2n) is 9.98. The van der Waals surface area contributed by atoms with Crippen molar-refractivity contribution in [3.05, 3.63) is 94.0 Å². The summed E-state index contributed by atoms with van der Waals surface area (Å²) < 4.78 is 29.2. The van der Waals surface area contributed by atoms with Gasteiger partial charge in [-0.25, -0.2) is 8.42 Å². The zero-order valence-electron chi connectivity index (χ0n) is 23.8. The average molecular weight is 584 g/mol. The number of carbonyl (C=O) groups is 2. The fraction of sp³-hybridized carbons (Fsp3) is 0.355. The van der Waals surface area contributed by atoms with Crippen LogP contribution in [-0.4, -0.2) is 44.3 Å². The summed E-state index contributed by atoms with van der Waals surface area (Å²) in [5.74, 6) is -0.753. The summed E-state index contributed by atoms with van der Waals surface area (Å²) >= 11 is 6.07. The van der Waals surface area contributed by atoms with E-state index in [0.717, 1.165) is 27.4 Å². The van der Waals surface area contributed by atoms with Crippen LogP contribution in [0.15, 0.2) is 71.6 Å². The number of carbonyl (C=O) groups excluding carboxylic acids is 2. The molecule has 0 aliphatic heterocycles. The van der Waals surface area contributed by atoms with Crippen LogP contribution >= 0.6 is 11.6 Å². The van der Waals surface area contributed by atoms with E-state index in [4.69, 9.17) is 11.6 Å². The molecule has 0 radical (unpaired) electrons. The number of anilines is 1. The van der Waals surface area contributed by atoms with Crippen LogP contribution in [0.4, 0.5) is 5.69 Å². The summed E-state index contributed by atoms with van der Waals surface area (Å²) in [7, 11) is -4.12. The van der Waals surface area contributed by atoms with Crippen LogP contribution in [0.2, 0.25) is 5.02 Å². The topological polar surface area (TPSA) is 86.8 Å². The predicted molar refractivity (Wildman–Crippen MR) is 161 cm³/mol. The molecule has 3 aromatic carbocycles. The Bertz CT molecular complexity index is 1420. The van der Waals surface area contributed by atoms with Crippen molar-refractivity contribution in [3.63, 3.8) is 0 Å². The molecule has 214 valence electrons. The molecule has 1 atom stereocenters. The highest BCUT2D eigenvalue weighted by atomic mass is 35.5. The molecule has 9 heteroatoms. The van der Waals surface area contributed by atoms with Crippen LogP contribution in [0, 0.1) is 20.8 Å². The Balaban J connectivity index is 2.09. The zero-order valence-corrected chi connectivity index (χ0v) is 25.3. The summed E-state index contributed by atoms with van der Waals surface area (Å²) in [6.07, 6.45) is 1.12. The number of nitrogens with zero attached hydrogens (tertiary/aromatic N) is 2. The van der Waals surface area contributed by atoms with Gasteiger partial charge in [0.05, 0.1) is 10.6 Å². The normalized spacial score (nSPS) is 12.1. The number of halogens is 1. The van der Waals surface area contributed by atoms with Crippen LogP contribution in [0.25, 0.3) is 0 Å². The third-order valence-electron chi connectivity index (χ3n) is 6.72. The smallest absolute Gasteiger partial charge is 0.264 e. The van der Waals surface area contributed by atoms with Crippen molar-refractivity contribution in [2.45, 2.75) is 64.9 Å². The quantitative estimate of drug-likeness (QED) is 0.292. The Morgan fingerprint density at radius 3 is 2.12 bits per heavy atom. The maximum absolute atomic E-state index is 14.1. The lowest BCUT2D eigenvalue weighted by Gasteiger charge is -2.33. The van der Waals surface area contributed by atoms with E-state index in [0.29, 0.717) is 29.2 Å². The lowest BCUT2D eigenvalue weighted by molar-refractivity contribution is -0.140. The number of amides is 2. The number of hydrogen-bond acceptors (Lipinski definition) is 4. The molecule has 0 aliphatic rings. The van der Waals surface area contributed by atoms with Crippen molar-refractivity contribution in [1.29, 1.82) is 0 Å². The van der Waals surface area contributed by atoms with Crippen molar-refractivity contribution >= 4 is 39.1 Å². The molecule has 0 aromatic heterocycles. The molecule has 0 aliphatic carbocycles. The molecular weight excluding hydrogens is 546 g/mol. The number of benzene rings is 3. The lowest BCUT2D eigenvalue weighted by atomic mass is 10.1. The molecule has 0 spiro atoms. The van der Waals surface area contributed by atoms with Gasteiger partial charge in [-0.3, -0.25) is 13.9 Å². The third kappa shape index (κ3) is 7.64. The molecule has 2 amide bonds. The first-order valence-corrected chi connectivity index (χ1v) is 15.3. The fourth-order valence-corrected chi connectivity index (χ4v) is 6.01. The van der Waals surface area contributed by atoms with Crippen molar-refractivity contribution in [2.75, 3.05) is 17.4 Å². The Hall–Kier alpha value is -3.36. The van der Waals surface area contributed by atoms with Crippen LogP contribution < -0.4 is 9.62 Å². The number of sulfonamides is 1. The first kappa shape index (κ1) is 31.2. The summed E-state index contributed by atoms with van der Waals surface area (Å²) in [6.45, 7) is 9.50. The average Bonchev–Trinajstić information content (AvgIpc) is 2.93. The summed E-state index contributed by atoms with van der Waals surface area (Å²) in [4.78, 5) is 28.8. The molecule has 0 bridgehead atoms. The zero-order chi connectivity index (χ0) is 29.4. The highest BCUT2D eigenvalue weighted by Gasteiger charge is 2.34. The number of hydrogen-bond donors (Lipinski definition) is 1. The minimum atomic E-state index is -4.12. The fourth-order valence-electron chi connectivity index (χ4n) is 4.41. The first-order chi connectivity index (χ1) is 19.0. The molecule has 1 N–H and O–H groups in total. The van der Waals surface area contributed by atoms with Gasteiger partial charge < -0.3 is 10.2 Å². The van der Waals surface area contributed by atoms with Crippen molar-refractivity contribution in [1.82, 2.24) is 10.2 Å². The van der Waals surface area contributed by atoms with Crippen molar-refractivity contribution < 1.29 is 18.0 Å². The van der Waals surface area contributed by atoms with Gasteiger partial charge in [-0.1, -0.05) is 67.4 Å². The standard InChI is InChI=1S/C31H38ClN3O4S/c1-6-18-33-31(37)28(7-2)34(20-25-12-14-26(32)15-13-25)30(36)21-35(29-19-23(4)8-11-24(29)5)40(38,39)27-16-9-22(3)10-17-27/h8-17,19,28H,6-7,18,20-21H2,1-5H3,(H,33,37)/t28-/m1/s1. The van der Waals surface area contributed by atoms with Gasteiger partial charge in [0.15, 0.2) is 0 Å². The van der Waals surface area contributed by atoms with Gasteiger partial charge in [0, 0.05) is 18.1 Å². The second-order valence-corrected chi connectivity index (χ2v) is 12.3. The van der Waals surface area contributed by atoms with E-state index in [1.807, 2.05) is 46.8 Å². The highest BCUT2D eigenvalue weighted by Crippen LogP contribution is 2.29. The number of rotatable bonds is 12. The summed E-state index contributed by atoms with van der Waals surface area (Å²) in [6, 6.07) is 18.3. The van der Waals surface area contributed by atoms with E-state index in [9.17, 15) is 18.0 Å². The van der Waals surface area contributed by atoms with E-state index in [1.54, 1.807) is 54.6 Å². The summed E-state index contributed by atoms with van der Waals surface area (Å²) in [5, 5.41) is 3.45. The molecule has 0 unspecified atom stereocenters. The van der Waals surface area contributed by atoms with E-state index >= 15 is 0 Å². The minimum absolute atomic E-state index is 0.0868. The molecular formula is C31H38ClN3O4S. The van der Waals surface area contributed by atoms with Gasteiger partial charge in [0.25, 0.3) is 10.0 Å². The molecule has 0 saturated carbocycles. The Labute approximate surface area is 243 Å². The first-order valence-electron chi connectivity index (χ1n) is 13.5. The number of nitrogens with one attached hydrogen (secondary N) is 1. The third-order valence-corrected chi connectivity index (χ3v) is 8.75. The SMILES string of the molecule is CCCNC(=O)[C@@H](CC)N(Cc1ccc(Cl)cc1)C(=O)CN(c1cc(C)ccc1C)S(=O)(=O)c1ccc(C)cc1. The van der Waals surface area contributed by atoms with Crippen LogP contribution in [0.1, 0.15) is 48.9 Å². The Morgan fingerprint density at radius 2 is 1.52 bits per heavy atom. The molecule has 3 rings (SSSR count). The highest BCUT2D eigenvalue weighted by molar-refractivity contribution is 7.92. The molecule has 3 aromatic rings. The lowest BCUT2D eigenvalue weighted by Crippen LogP contribution is -2.52. The molecule has 0 fully saturated rings. The Kier molecular flexibility index (Phi) is 10.8. The van der Waals surface area contributed by atoms with Gasteiger partial charge in [0.2, 0.25) is 11.8 Å². The van der Waals surface area contributed by atoms with Gasteiger partial charge in [0.1, 0.15) is 12.6 Å². The molecule has 0 saturated heterocycles. The van der Waals surface area contributed by atoms with Gasteiger partial charge in [-0.2, -0.15) is 0 Å². The molecule has 7 nitrogen and oxygen atoms in total. The van der Waals surface area contributed by atoms with Crippen LogP contribution in [0.3, 0.4) is 0 Å². The van der Waals surface area contributed by atoms with Crippen LogP contribution in [-0.2, 0) is 26.2 Å². The minimum Gasteiger partial charge on any atom is -0.354 e. The monoisotopic (exact) mass is 583 g/mol. The van der Waals surface area contributed by atoms with E-state index < -0.39 is 28.5 Å². The van der Waals surface area contributed by atoms with Gasteiger partial charge in [-0.05, 0) is 80.6 Å². The van der Waals surface area contributed by atoms with E-state index in [-0.39, 0.29) is 17.3 Å². The molecule has 40 heavy (non-hydrogen) atoms. The molecule has 0 heterocycles.